The minimum absolute atomic E-state index is 0.331. The van der Waals surface area contributed by atoms with Gasteiger partial charge >= 0.3 is 6.18 Å². The van der Waals surface area contributed by atoms with Gasteiger partial charge in [-0.15, -0.1) is 0 Å². The molecule has 0 saturated carbocycles. The molecule has 0 bridgehead atoms. The lowest BCUT2D eigenvalue weighted by atomic mass is 10.3. The van der Waals surface area contributed by atoms with Crippen molar-refractivity contribution < 1.29 is 22.7 Å². The predicted molar refractivity (Wildman–Crippen MR) is 79.5 cm³/mol. The van der Waals surface area contributed by atoms with Crippen molar-refractivity contribution in [2.24, 2.45) is 0 Å². The zero-order chi connectivity index (χ0) is 17.9. The standard InChI is InChI=1S/C13H15ClF3N5O2/c1-8-11(14)5-22(20-8)9(2)12(23)19-10-3-18-21(4-10)7-24-6-13(15,16)17/h3-5,9H,6-7H2,1-2H3,(H,19,23). The van der Waals surface area contributed by atoms with Gasteiger partial charge in [0.05, 0.1) is 28.8 Å². The summed E-state index contributed by atoms with van der Waals surface area (Å²) in [7, 11) is 0. The topological polar surface area (TPSA) is 74.0 Å². The molecule has 0 fully saturated rings. The Labute approximate surface area is 140 Å². The quantitative estimate of drug-likeness (QED) is 0.854. The number of hydrogen-bond donors (Lipinski definition) is 1. The fourth-order valence-electron chi connectivity index (χ4n) is 1.78. The number of halogens is 4. The van der Waals surface area contributed by atoms with Crippen LogP contribution in [-0.2, 0) is 16.3 Å². The van der Waals surface area contributed by atoms with Crippen molar-refractivity contribution in [3.05, 3.63) is 29.3 Å². The predicted octanol–water partition coefficient (Wildman–Crippen LogP) is 2.78. The van der Waals surface area contributed by atoms with Crippen molar-refractivity contribution in [1.82, 2.24) is 19.6 Å². The fraction of sp³-hybridized carbons (Fsp3) is 0.462. The Balaban J connectivity index is 1.90. The Morgan fingerprint density at radius 3 is 2.75 bits per heavy atom. The Morgan fingerprint density at radius 1 is 1.46 bits per heavy atom. The number of carbonyl (C=O) groups excluding carboxylic acids is 1. The van der Waals surface area contributed by atoms with Gasteiger partial charge in [-0.2, -0.15) is 23.4 Å². The maximum atomic E-state index is 12.2. The summed E-state index contributed by atoms with van der Waals surface area (Å²) in [5.41, 5.74) is 0.934. The molecule has 0 aliphatic rings. The summed E-state index contributed by atoms with van der Waals surface area (Å²) in [6.07, 6.45) is -0.191. The maximum Gasteiger partial charge on any atom is 0.411 e. The third-order valence-electron chi connectivity index (χ3n) is 3.02. The van der Waals surface area contributed by atoms with E-state index in [2.05, 4.69) is 20.3 Å². The van der Waals surface area contributed by atoms with Crippen LogP contribution in [0.25, 0.3) is 0 Å². The van der Waals surface area contributed by atoms with E-state index in [1.807, 2.05) is 0 Å². The number of nitrogens with zero attached hydrogens (tertiary/aromatic N) is 4. The molecule has 2 heterocycles. The van der Waals surface area contributed by atoms with Crippen molar-refractivity contribution in [3.63, 3.8) is 0 Å². The van der Waals surface area contributed by atoms with E-state index in [1.165, 1.54) is 23.3 Å². The molecule has 2 aromatic rings. The van der Waals surface area contributed by atoms with Crippen LogP contribution in [0, 0.1) is 6.92 Å². The fourth-order valence-corrected chi connectivity index (χ4v) is 1.92. The molecular formula is C13H15ClF3N5O2. The van der Waals surface area contributed by atoms with Crippen LogP contribution in [0.5, 0.6) is 0 Å². The molecular weight excluding hydrogens is 351 g/mol. The smallest absolute Gasteiger partial charge is 0.350 e. The van der Waals surface area contributed by atoms with E-state index < -0.39 is 18.8 Å². The molecule has 0 aliphatic carbocycles. The largest absolute Gasteiger partial charge is 0.411 e. The van der Waals surface area contributed by atoms with Crippen LogP contribution in [0.3, 0.4) is 0 Å². The van der Waals surface area contributed by atoms with Crippen LogP contribution in [-0.4, -0.2) is 38.3 Å². The summed E-state index contributed by atoms with van der Waals surface area (Å²) in [6, 6.07) is -0.624. The zero-order valence-corrected chi connectivity index (χ0v) is 13.6. The second-order valence-electron chi connectivity index (χ2n) is 5.07. The van der Waals surface area contributed by atoms with Crippen molar-refractivity contribution in [1.29, 1.82) is 0 Å². The molecule has 7 nitrogen and oxygen atoms in total. The van der Waals surface area contributed by atoms with Crippen LogP contribution < -0.4 is 5.32 Å². The molecule has 0 saturated heterocycles. The third-order valence-corrected chi connectivity index (χ3v) is 3.39. The van der Waals surface area contributed by atoms with Crippen molar-refractivity contribution in [2.75, 3.05) is 11.9 Å². The first-order valence-corrected chi connectivity index (χ1v) is 7.22. The van der Waals surface area contributed by atoms with Crippen molar-refractivity contribution >= 4 is 23.2 Å². The summed E-state index contributed by atoms with van der Waals surface area (Å²) in [4.78, 5) is 12.2. The number of hydrogen-bond acceptors (Lipinski definition) is 4. The van der Waals surface area contributed by atoms with Gasteiger partial charge < -0.3 is 10.1 Å². The van der Waals surface area contributed by atoms with Crippen molar-refractivity contribution in [3.8, 4) is 0 Å². The third kappa shape index (κ3) is 4.96. The highest BCUT2D eigenvalue weighted by Gasteiger charge is 2.27. The van der Waals surface area contributed by atoms with E-state index in [0.29, 0.717) is 16.4 Å². The maximum absolute atomic E-state index is 12.2. The molecule has 1 amide bonds. The summed E-state index contributed by atoms with van der Waals surface area (Å²) < 4.78 is 43.0. The normalized spacial score (nSPS) is 13.1. The number of amides is 1. The number of aromatic nitrogens is 4. The minimum Gasteiger partial charge on any atom is -0.350 e. The van der Waals surface area contributed by atoms with Gasteiger partial charge in [0.2, 0.25) is 5.91 Å². The number of ether oxygens (including phenoxy) is 1. The van der Waals surface area contributed by atoms with Gasteiger partial charge in [-0.05, 0) is 13.8 Å². The molecule has 1 unspecified atom stereocenters. The second kappa shape index (κ2) is 7.22. The van der Waals surface area contributed by atoms with Gasteiger partial charge in [0.1, 0.15) is 19.4 Å². The van der Waals surface area contributed by atoms with E-state index in [-0.39, 0.29) is 12.6 Å². The molecule has 132 valence electrons. The first-order valence-electron chi connectivity index (χ1n) is 6.85. The number of aryl methyl sites for hydroxylation is 1. The summed E-state index contributed by atoms with van der Waals surface area (Å²) in [6.45, 7) is 1.60. The van der Waals surface area contributed by atoms with Crippen LogP contribution >= 0.6 is 11.6 Å². The lowest BCUT2D eigenvalue weighted by Gasteiger charge is -2.11. The van der Waals surface area contributed by atoms with Crippen LogP contribution in [0.15, 0.2) is 18.6 Å². The molecule has 0 aromatic carbocycles. The van der Waals surface area contributed by atoms with Crippen molar-refractivity contribution in [2.45, 2.75) is 32.8 Å². The van der Waals surface area contributed by atoms with Gasteiger partial charge in [-0.1, -0.05) is 11.6 Å². The van der Waals surface area contributed by atoms with Crippen LogP contribution in [0.1, 0.15) is 18.7 Å². The van der Waals surface area contributed by atoms with E-state index in [4.69, 9.17) is 11.6 Å². The Bertz CT molecular complexity index is 693. The summed E-state index contributed by atoms with van der Waals surface area (Å²) in [5, 5.41) is 11.0. The Kier molecular flexibility index (Phi) is 5.50. The number of alkyl halides is 3. The van der Waals surface area contributed by atoms with E-state index in [1.54, 1.807) is 13.8 Å². The zero-order valence-electron chi connectivity index (χ0n) is 12.8. The molecule has 0 spiro atoms. The summed E-state index contributed by atoms with van der Waals surface area (Å²) in [5.74, 6) is -0.370. The average molecular weight is 366 g/mol. The Morgan fingerprint density at radius 2 is 2.17 bits per heavy atom. The SMILES string of the molecule is Cc1nn(C(C)C(=O)Nc2cnn(COCC(F)(F)F)c2)cc1Cl. The molecule has 1 atom stereocenters. The number of nitrogens with one attached hydrogen (secondary N) is 1. The molecule has 2 aromatic heterocycles. The highest BCUT2D eigenvalue weighted by molar-refractivity contribution is 6.31. The van der Waals surface area contributed by atoms with E-state index >= 15 is 0 Å². The highest BCUT2D eigenvalue weighted by Crippen LogP contribution is 2.18. The van der Waals surface area contributed by atoms with Gasteiger partial charge in [0.25, 0.3) is 0 Å². The number of anilines is 1. The highest BCUT2D eigenvalue weighted by atomic mass is 35.5. The lowest BCUT2D eigenvalue weighted by Crippen LogP contribution is -2.24. The minimum atomic E-state index is -4.40. The number of rotatable bonds is 6. The van der Waals surface area contributed by atoms with Crippen LogP contribution in [0.2, 0.25) is 5.02 Å². The van der Waals surface area contributed by atoms with Gasteiger partial charge in [-0.25, -0.2) is 4.68 Å². The van der Waals surface area contributed by atoms with Crippen LogP contribution in [0.4, 0.5) is 18.9 Å². The second-order valence-corrected chi connectivity index (χ2v) is 5.48. The lowest BCUT2D eigenvalue weighted by molar-refractivity contribution is -0.182. The van der Waals surface area contributed by atoms with Gasteiger partial charge in [0, 0.05) is 6.20 Å². The molecule has 0 radical (unpaired) electrons. The van der Waals surface area contributed by atoms with Gasteiger partial charge in [-0.3, -0.25) is 9.48 Å². The van der Waals surface area contributed by atoms with E-state index in [0.717, 1.165) is 4.68 Å². The first kappa shape index (κ1) is 18.3. The molecule has 24 heavy (non-hydrogen) atoms. The molecule has 1 N–H and O–H groups in total. The Hall–Kier alpha value is -2.07. The molecule has 0 aliphatic heterocycles. The number of carbonyl (C=O) groups is 1. The summed E-state index contributed by atoms with van der Waals surface area (Å²) >= 11 is 5.90. The first-order chi connectivity index (χ1) is 11.2. The average Bonchev–Trinajstić information content (AvgIpc) is 3.04. The monoisotopic (exact) mass is 365 g/mol. The van der Waals surface area contributed by atoms with Gasteiger partial charge in [0.15, 0.2) is 0 Å². The molecule has 11 heteroatoms. The van der Waals surface area contributed by atoms with E-state index in [9.17, 15) is 18.0 Å². The molecule has 2 rings (SSSR count).